The summed E-state index contributed by atoms with van der Waals surface area (Å²) < 4.78 is 44.7. The number of rotatable bonds is 3. The molecule has 0 aliphatic heterocycles. The van der Waals surface area contributed by atoms with Crippen LogP contribution in [-0.4, -0.2) is 15.7 Å². The Bertz CT molecular complexity index is 718. The molecule has 0 bridgehead atoms. The van der Waals surface area contributed by atoms with Crippen molar-refractivity contribution in [2.24, 2.45) is 5.92 Å². The summed E-state index contributed by atoms with van der Waals surface area (Å²) in [5, 5.41) is 3.54. The fraction of sp³-hybridized carbons (Fsp3) is 0.333. The molecule has 116 valence electrons. The third kappa shape index (κ3) is 2.98. The van der Waals surface area contributed by atoms with Crippen LogP contribution in [0.4, 0.5) is 13.2 Å². The van der Waals surface area contributed by atoms with Crippen LogP contribution < -0.4 is 4.74 Å². The number of hydrogen-bond donors (Lipinski definition) is 0. The van der Waals surface area contributed by atoms with E-state index in [1.165, 1.54) is 0 Å². The van der Waals surface area contributed by atoms with Crippen LogP contribution in [0, 0.1) is 12.8 Å². The van der Waals surface area contributed by atoms with Crippen LogP contribution in [0.5, 0.6) is 5.88 Å². The number of hydrogen-bond acceptors (Lipinski definition) is 3. The molecule has 7 heteroatoms. The van der Waals surface area contributed by atoms with Crippen molar-refractivity contribution < 1.29 is 22.7 Å². The van der Waals surface area contributed by atoms with Gasteiger partial charge in [-0.3, -0.25) is 4.79 Å². The van der Waals surface area contributed by atoms with Gasteiger partial charge in [0, 0.05) is 6.07 Å². The molecule has 0 amide bonds. The average Bonchev–Trinajstić information content (AvgIpc) is 3.19. The topological polar surface area (TPSA) is 44.1 Å². The van der Waals surface area contributed by atoms with Crippen LogP contribution in [0.2, 0.25) is 0 Å². The lowest BCUT2D eigenvalue weighted by Crippen LogP contribution is -2.13. The molecule has 1 heterocycles. The first-order valence-electron chi connectivity index (χ1n) is 6.80. The number of benzene rings is 1. The van der Waals surface area contributed by atoms with Gasteiger partial charge < -0.3 is 4.74 Å². The molecule has 1 fully saturated rings. The fourth-order valence-electron chi connectivity index (χ4n) is 2.03. The molecule has 0 atom stereocenters. The summed E-state index contributed by atoms with van der Waals surface area (Å²) in [5.41, 5.74) is 0.183. The molecular formula is C15H13F3N2O2. The van der Waals surface area contributed by atoms with Crippen LogP contribution in [0.15, 0.2) is 30.3 Å². The number of ether oxygens (including phenoxy) is 1. The number of aromatic nitrogens is 2. The number of alkyl halides is 3. The molecule has 1 aromatic carbocycles. The van der Waals surface area contributed by atoms with Gasteiger partial charge in [0.05, 0.1) is 11.6 Å². The maximum atomic E-state index is 12.9. The van der Waals surface area contributed by atoms with Crippen LogP contribution in [0.3, 0.4) is 0 Å². The van der Waals surface area contributed by atoms with Gasteiger partial charge in [-0.05, 0) is 37.5 Å². The molecular weight excluding hydrogens is 297 g/mol. The normalized spacial score (nSPS) is 14.9. The molecule has 22 heavy (non-hydrogen) atoms. The molecule has 0 saturated heterocycles. The highest BCUT2D eigenvalue weighted by atomic mass is 19.4. The molecule has 0 N–H and O–H groups in total. The van der Waals surface area contributed by atoms with Gasteiger partial charge in [0.15, 0.2) is 5.69 Å². The smallest absolute Gasteiger partial charge is 0.407 e. The van der Waals surface area contributed by atoms with Gasteiger partial charge in [-0.1, -0.05) is 12.1 Å². The van der Waals surface area contributed by atoms with Crippen molar-refractivity contribution in [3.05, 3.63) is 41.6 Å². The molecule has 1 saturated carbocycles. The van der Waals surface area contributed by atoms with E-state index < -0.39 is 17.8 Å². The van der Waals surface area contributed by atoms with E-state index in [9.17, 15) is 18.0 Å². The zero-order chi connectivity index (χ0) is 15.9. The van der Waals surface area contributed by atoms with E-state index in [1.807, 2.05) is 13.0 Å². The standard InChI is InChI=1S/C15H13F3N2O2/c1-9-3-2-4-11(7-9)20-13(22-14(21)10-5-6-10)8-12(19-20)15(16,17)18/h2-4,7-8,10H,5-6H2,1H3. The summed E-state index contributed by atoms with van der Waals surface area (Å²) in [6, 6.07) is 7.54. The number of aryl methyl sites for hydroxylation is 1. The van der Waals surface area contributed by atoms with E-state index >= 15 is 0 Å². The molecule has 4 nitrogen and oxygen atoms in total. The Hall–Kier alpha value is -2.31. The van der Waals surface area contributed by atoms with Crippen molar-refractivity contribution >= 4 is 5.97 Å². The van der Waals surface area contributed by atoms with E-state index in [1.54, 1.807) is 18.2 Å². The Morgan fingerprint density at radius 1 is 1.32 bits per heavy atom. The first kappa shape index (κ1) is 14.6. The Morgan fingerprint density at radius 3 is 2.64 bits per heavy atom. The highest BCUT2D eigenvalue weighted by Crippen LogP contribution is 2.34. The van der Waals surface area contributed by atoms with Crippen molar-refractivity contribution in [3.63, 3.8) is 0 Å². The molecule has 2 aromatic rings. The lowest BCUT2D eigenvalue weighted by atomic mass is 10.2. The summed E-state index contributed by atoms with van der Waals surface area (Å²) in [7, 11) is 0. The van der Waals surface area contributed by atoms with E-state index in [4.69, 9.17) is 4.74 Å². The van der Waals surface area contributed by atoms with E-state index in [2.05, 4.69) is 5.10 Å². The second kappa shape index (κ2) is 5.15. The van der Waals surface area contributed by atoms with Crippen molar-refractivity contribution in [1.82, 2.24) is 9.78 Å². The van der Waals surface area contributed by atoms with Crippen molar-refractivity contribution in [2.45, 2.75) is 25.9 Å². The van der Waals surface area contributed by atoms with Gasteiger partial charge in [0.1, 0.15) is 0 Å². The summed E-state index contributed by atoms with van der Waals surface area (Å²) in [5.74, 6) is -0.937. The predicted molar refractivity (Wildman–Crippen MR) is 71.7 cm³/mol. The third-order valence-electron chi connectivity index (χ3n) is 3.33. The van der Waals surface area contributed by atoms with Crippen LogP contribution >= 0.6 is 0 Å². The molecule has 0 radical (unpaired) electrons. The first-order chi connectivity index (χ1) is 10.3. The Balaban J connectivity index is 2.02. The number of esters is 1. The Kier molecular flexibility index (Phi) is 3.42. The third-order valence-corrected chi connectivity index (χ3v) is 3.33. The molecule has 3 rings (SSSR count). The Labute approximate surface area is 124 Å². The molecule has 1 aliphatic carbocycles. The van der Waals surface area contributed by atoms with Gasteiger partial charge in [-0.15, -0.1) is 0 Å². The summed E-state index contributed by atoms with van der Waals surface area (Å²) in [6.07, 6.45) is -3.18. The zero-order valence-corrected chi connectivity index (χ0v) is 11.7. The van der Waals surface area contributed by atoms with Gasteiger partial charge in [-0.2, -0.15) is 18.3 Å². The monoisotopic (exact) mass is 310 g/mol. The van der Waals surface area contributed by atoms with Crippen molar-refractivity contribution in [3.8, 4) is 11.6 Å². The molecule has 0 spiro atoms. The molecule has 0 unspecified atom stereocenters. The number of halogens is 3. The van der Waals surface area contributed by atoms with E-state index in [-0.39, 0.29) is 11.8 Å². The van der Waals surface area contributed by atoms with Gasteiger partial charge in [0.2, 0.25) is 5.88 Å². The van der Waals surface area contributed by atoms with E-state index in [0.717, 1.165) is 16.3 Å². The number of carbonyl (C=O) groups excluding carboxylic acids is 1. The second-order valence-corrected chi connectivity index (χ2v) is 5.31. The predicted octanol–water partition coefficient (Wildman–Crippen LogP) is 3.51. The van der Waals surface area contributed by atoms with Crippen molar-refractivity contribution in [1.29, 1.82) is 0 Å². The van der Waals surface area contributed by atoms with Crippen LogP contribution in [-0.2, 0) is 11.0 Å². The quantitative estimate of drug-likeness (QED) is 0.815. The van der Waals surface area contributed by atoms with Gasteiger partial charge in [-0.25, -0.2) is 4.68 Å². The van der Waals surface area contributed by atoms with Crippen LogP contribution in [0.25, 0.3) is 5.69 Å². The van der Waals surface area contributed by atoms with Crippen molar-refractivity contribution in [2.75, 3.05) is 0 Å². The average molecular weight is 310 g/mol. The maximum Gasteiger partial charge on any atom is 0.435 e. The number of nitrogens with zero attached hydrogens (tertiary/aromatic N) is 2. The summed E-state index contributed by atoms with van der Waals surface area (Å²) >= 11 is 0. The fourth-order valence-corrected chi connectivity index (χ4v) is 2.03. The largest absolute Gasteiger partial charge is 0.435 e. The lowest BCUT2D eigenvalue weighted by Gasteiger charge is -2.08. The number of carbonyl (C=O) groups is 1. The zero-order valence-electron chi connectivity index (χ0n) is 11.7. The van der Waals surface area contributed by atoms with Gasteiger partial charge >= 0.3 is 12.1 Å². The highest BCUT2D eigenvalue weighted by Gasteiger charge is 2.37. The maximum absolute atomic E-state index is 12.9. The van der Waals surface area contributed by atoms with Gasteiger partial charge in [0.25, 0.3) is 0 Å². The molecule has 1 aliphatic rings. The lowest BCUT2D eigenvalue weighted by molar-refractivity contribution is -0.141. The second-order valence-electron chi connectivity index (χ2n) is 5.31. The van der Waals surface area contributed by atoms with E-state index in [0.29, 0.717) is 18.5 Å². The van der Waals surface area contributed by atoms with Crippen LogP contribution in [0.1, 0.15) is 24.1 Å². The minimum atomic E-state index is -4.60. The minimum absolute atomic E-state index is 0.213. The molecule has 1 aromatic heterocycles. The minimum Gasteiger partial charge on any atom is -0.407 e. The summed E-state index contributed by atoms with van der Waals surface area (Å²) in [6.45, 7) is 1.81. The Morgan fingerprint density at radius 2 is 2.05 bits per heavy atom. The summed E-state index contributed by atoms with van der Waals surface area (Å²) in [4.78, 5) is 11.7. The first-order valence-corrected chi connectivity index (χ1v) is 6.80. The highest BCUT2D eigenvalue weighted by molar-refractivity contribution is 5.77. The SMILES string of the molecule is Cc1cccc(-n2nc(C(F)(F)F)cc2OC(=O)C2CC2)c1.